The highest BCUT2D eigenvalue weighted by Crippen LogP contribution is 2.40. The monoisotopic (exact) mass is 308 g/mol. The topological polar surface area (TPSA) is 53.4 Å². The van der Waals surface area contributed by atoms with E-state index in [0.717, 1.165) is 32.2 Å². The molecule has 0 radical (unpaired) electrons. The zero-order valence-electron chi connectivity index (χ0n) is 12.6. The molecule has 3 heterocycles. The van der Waals surface area contributed by atoms with E-state index in [-0.39, 0.29) is 0 Å². The Morgan fingerprint density at radius 3 is 2.76 bits per heavy atom. The number of aliphatic carboxylic acids is 1. The molecule has 116 valence electrons. The first-order valence-electron chi connectivity index (χ1n) is 8.06. The van der Waals surface area contributed by atoms with E-state index in [1.165, 1.54) is 23.5 Å². The number of thiazole rings is 1. The fraction of sp³-hybridized carbons (Fsp3) is 0.750. The summed E-state index contributed by atoms with van der Waals surface area (Å²) in [6.45, 7) is 3.14. The number of carboxylic acids is 1. The van der Waals surface area contributed by atoms with Crippen molar-refractivity contribution in [1.82, 2.24) is 9.88 Å². The predicted octanol–water partition coefficient (Wildman–Crippen LogP) is 3.31. The summed E-state index contributed by atoms with van der Waals surface area (Å²) in [7, 11) is 0. The Morgan fingerprint density at radius 1 is 1.43 bits per heavy atom. The average Bonchev–Trinajstić information content (AvgIpc) is 2.94. The third kappa shape index (κ3) is 3.46. The van der Waals surface area contributed by atoms with Crippen LogP contribution >= 0.6 is 11.3 Å². The summed E-state index contributed by atoms with van der Waals surface area (Å²) in [6.07, 6.45) is 7.14. The molecule has 1 N–H and O–H groups in total. The molecule has 1 aromatic heterocycles. The molecule has 5 heteroatoms. The van der Waals surface area contributed by atoms with E-state index in [4.69, 9.17) is 10.1 Å². The Morgan fingerprint density at radius 2 is 2.14 bits per heavy atom. The second-order valence-corrected chi connectivity index (χ2v) is 7.42. The molecule has 4 nitrogen and oxygen atoms in total. The quantitative estimate of drug-likeness (QED) is 0.876. The number of hydrogen-bond donors (Lipinski definition) is 1. The van der Waals surface area contributed by atoms with Crippen molar-refractivity contribution in [3.05, 3.63) is 16.1 Å². The fourth-order valence-corrected chi connectivity index (χ4v) is 4.89. The van der Waals surface area contributed by atoms with Gasteiger partial charge in [-0.2, -0.15) is 0 Å². The second kappa shape index (κ2) is 6.44. The minimum absolute atomic E-state index is 0.345. The zero-order valence-corrected chi connectivity index (χ0v) is 13.4. The molecule has 2 unspecified atom stereocenters. The number of rotatable bonds is 6. The molecule has 2 bridgehead atoms. The van der Waals surface area contributed by atoms with Gasteiger partial charge in [0, 0.05) is 30.4 Å². The Labute approximate surface area is 130 Å². The summed E-state index contributed by atoms with van der Waals surface area (Å²) in [5.41, 5.74) is 1.21. The van der Waals surface area contributed by atoms with Crippen molar-refractivity contribution >= 4 is 17.3 Å². The van der Waals surface area contributed by atoms with Gasteiger partial charge in [0.15, 0.2) is 0 Å². The van der Waals surface area contributed by atoms with Crippen molar-refractivity contribution in [1.29, 1.82) is 0 Å². The highest BCUT2D eigenvalue weighted by molar-refractivity contribution is 7.09. The van der Waals surface area contributed by atoms with Crippen molar-refractivity contribution < 1.29 is 9.90 Å². The smallest absolute Gasteiger partial charge is 0.303 e. The van der Waals surface area contributed by atoms with Crippen LogP contribution < -0.4 is 0 Å². The lowest BCUT2D eigenvalue weighted by molar-refractivity contribution is -0.138. The largest absolute Gasteiger partial charge is 0.481 e. The average molecular weight is 308 g/mol. The van der Waals surface area contributed by atoms with E-state index in [1.54, 1.807) is 11.3 Å². The van der Waals surface area contributed by atoms with Gasteiger partial charge in [-0.25, -0.2) is 4.98 Å². The van der Waals surface area contributed by atoms with Crippen LogP contribution in [0.1, 0.15) is 56.2 Å². The molecule has 2 atom stereocenters. The molecule has 1 aromatic rings. The van der Waals surface area contributed by atoms with Crippen LogP contribution in [-0.4, -0.2) is 33.0 Å². The molecule has 3 rings (SSSR count). The van der Waals surface area contributed by atoms with E-state index in [1.807, 2.05) is 0 Å². The minimum Gasteiger partial charge on any atom is -0.481 e. The molecule has 0 saturated carbocycles. The Bertz CT molecular complexity index is 488. The molecule has 0 aromatic carbocycles. The lowest BCUT2D eigenvalue weighted by atomic mass is 9.88. The zero-order chi connectivity index (χ0) is 14.8. The van der Waals surface area contributed by atoms with Crippen molar-refractivity contribution in [2.45, 2.75) is 70.5 Å². The molecular weight excluding hydrogens is 284 g/mol. The van der Waals surface area contributed by atoms with Crippen LogP contribution in [0, 0.1) is 5.92 Å². The van der Waals surface area contributed by atoms with Crippen LogP contribution in [0.2, 0.25) is 0 Å². The van der Waals surface area contributed by atoms with Gasteiger partial charge in [0.1, 0.15) is 0 Å². The summed E-state index contributed by atoms with van der Waals surface area (Å²) in [4.78, 5) is 18.2. The van der Waals surface area contributed by atoms with Crippen LogP contribution in [0.25, 0.3) is 0 Å². The van der Waals surface area contributed by atoms with Crippen LogP contribution in [0.4, 0.5) is 0 Å². The maximum atomic E-state index is 10.9. The van der Waals surface area contributed by atoms with Gasteiger partial charge in [0.25, 0.3) is 0 Å². The summed E-state index contributed by atoms with van der Waals surface area (Å²) in [5.74, 6) is -0.265. The lowest BCUT2D eigenvalue weighted by Gasteiger charge is -2.38. The Kier molecular flexibility index (Phi) is 4.60. The van der Waals surface area contributed by atoms with Gasteiger partial charge < -0.3 is 5.11 Å². The first kappa shape index (κ1) is 15.0. The Hall–Kier alpha value is -0.940. The molecule has 0 aliphatic carbocycles. The maximum absolute atomic E-state index is 10.9. The highest BCUT2D eigenvalue weighted by atomic mass is 32.1. The normalized spacial score (nSPS) is 28.9. The molecule has 0 amide bonds. The van der Waals surface area contributed by atoms with E-state index in [9.17, 15) is 4.79 Å². The second-order valence-electron chi connectivity index (χ2n) is 6.48. The van der Waals surface area contributed by atoms with Crippen LogP contribution in [-0.2, 0) is 17.8 Å². The van der Waals surface area contributed by atoms with Crippen LogP contribution in [0.15, 0.2) is 5.38 Å². The van der Waals surface area contributed by atoms with Crippen LogP contribution in [0.3, 0.4) is 0 Å². The van der Waals surface area contributed by atoms with Gasteiger partial charge in [-0.1, -0.05) is 6.92 Å². The number of aryl methyl sites for hydroxylation is 1. The number of aromatic nitrogens is 1. The number of fused-ring (bicyclic) bond motifs is 2. The first-order valence-corrected chi connectivity index (χ1v) is 8.94. The summed E-state index contributed by atoms with van der Waals surface area (Å²) in [6, 6.07) is 1.15. The number of carboxylic acid groups (broad SMARTS) is 1. The van der Waals surface area contributed by atoms with Gasteiger partial charge in [0.2, 0.25) is 0 Å². The maximum Gasteiger partial charge on any atom is 0.303 e. The first-order chi connectivity index (χ1) is 10.2. The van der Waals surface area contributed by atoms with E-state index < -0.39 is 5.97 Å². The number of piperidine rings is 1. The minimum atomic E-state index is -0.642. The molecule has 2 saturated heterocycles. The Balaban J connectivity index is 1.61. The summed E-state index contributed by atoms with van der Waals surface area (Å²) >= 11 is 1.78. The van der Waals surface area contributed by atoms with Gasteiger partial charge >= 0.3 is 5.97 Å². The third-order valence-electron chi connectivity index (χ3n) is 4.85. The molecule has 2 fully saturated rings. The lowest BCUT2D eigenvalue weighted by Crippen LogP contribution is -2.42. The third-order valence-corrected chi connectivity index (χ3v) is 5.81. The van der Waals surface area contributed by atoms with Crippen molar-refractivity contribution in [2.24, 2.45) is 5.92 Å². The molecule has 2 aliphatic heterocycles. The number of hydrogen-bond acceptors (Lipinski definition) is 4. The van der Waals surface area contributed by atoms with E-state index in [0.29, 0.717) is 24.4 Å². The molecule has 21 heavy (non-hydrogen) atoms. The van der Waals surface area contributed by atoms with E-state index >= 15 is 0 Å². The number of nitrogens with zero attached hydrogens (tertiary/aromatic N) is 2. The number of carbonyl (C=O) groups is 1. The standard InChI is InChI=1S/C16H24N2O2S/c1-2-3-15-17-12(10-21-15)9-18-13-4-5-14(18)7-11(6-13)8-16(19)20/h10-11,13-14H,2-9H2,1H3,(H,19,20). The predicted molar refractivity (Wildman–Crippen MR) is 83.4 cm³/mol. The molecule has 0 spiro atoms. The van der Waals surface area contributed by atoms with E-state index in [2.05, 4.69) is 17.2 Å². The van der Waals surface area contributed by atoms with Crippen molar-refractivity contribution in [2.75, 3.05) is 0 Å². The highest BCUT2D eigenvalue weighted by Gasteiger charge is 2.41. The van der Waals surface area contributed by atoms with Gasteiger partial charge in [-0.05, 0) is 44.4 Å². The molecule has 2 aliphatic rings. The van der Waals surface area contributed by atoms with Crippen molar-refractivity contribution in [3.8, 4) is 0 Å². The molecular formula is C16H24N2O2S. The van der Waals surface area contributed by atoms with Gasteiger partial charge in [-0.3, -0.25) is 9.69 Å². The summed E-state index contributed by atoms with van der Waals surface area (Å²) < 4.78 is 0. The summed E-state index contributed by atoms with van der Waals surface area (Å²) in [5, 5.41) is 12.4. The van der Waals surface area contributed by atoms with Crippen molar-refractivity contribution in [3.63, 3.8) is 0 Å². The fourth-order valence-electron chi connectivity index (χ4n) is 4.00. The van der Waals surface area contributed by atoms with Crippen LogP contribution in [0.5, 0.6) is 0 Å². The van der Waals surface area contributed by atoms with Gasteiger partial charge in [0.05, 0.1) is 10.7 Å². The van der Waals surface area contributed by atoms with Gasteiger partial charge in [-0.15, -0.1) is 11.3 Å². The SMILES string of the molecule is CCCc1nc(CN2C3CCC2CC(CC(=O)O)C3)cs1.